The van der Waals surface area contributed by atoms with Gasteiger partial charge >= 0.3 is 6.03 Å². The van der Waals surface area contributed by atoms with Crippen LogP contribution in [0.1, 0.15) is 31.2 Å². The number of amides is 3. The van der Waals surface area contributed by atoms with Crippen LogP contribution in [0.5, 0.6) is 0 Å². The molecular weight excluding hydrogens is 398 g/mol. The van der Waals surface area contributed by atoms with E-state index < -0.39 is 11.3 Å². The minimum Gasteiger partial charge on any atom is -0.335 e. The number of carbonyl (C=O) groups is 2. The Kier molecular flexibility index (Phi) is 6.13. The highest BCUT2D eigenvalue weighted by molar-refractivity contribution is 8.00. The van der Waals surface area contributed by atoms with E-state index in [1.165, 1.54) is 11.8 Å². The normalized spacial score (nSPS) is 14.2. The van der Waals surface area contributed by atoms with E-state index in [9.17, 15) is 9.59 Å². The van der Waals surface area contributed by atoms with Gasteiger partial charge in [0.15, 0.2) is 5.16 Å². The molecule has 0 saturated heterocycles. The first kappa shape index (κ1) is 20.2. The Bertz CT molecular complexity index is 1020. The molecule has 1 unspecified atom stereocenters. The molecule has 2 aromatic carbocycles. The Balaban J connectivity index is 1.53. The third kappa shape index (κ3) is 5.07. The lowest BCUT2D eigenvalue weighted by Gasteiger charge is -2.14. The molecule has 4 rings (SSSR count). The highest BCUT2D eigenvalue weighted by Gasteiger charge is 2.26. The lowest BCUT2D eigenvalue weighted by atomic mass is 10.1. The molecule has 30 heavy (non-hydrogen) atoms. The molecule has 3 aromatic rings. The van der Waals surface area contributed by atoms with Crippen molar-refractivity contribution in [3.63, 3.8) is 0 Å². The van der Waals surface area contributed by atoms with Gasteiger partial charge in [0.25, 0.3) is 0 Å². The number of para-hydroxylation sites is 1. The van der Waals surface area contributed by atoms with Crippen LogP contribution in [0, 0.1) is 0 Å². The molecule has 1 atom stereocenters. The van der Waals surface area contributed by atoms with Crippen LogP contribution in [0.4, 0.5) is 4.79 Å². The standard InChI is InChI=1S/C22H23N5O2S/c1-15(20(28)24-21(29)23-17-12-13-17)30-22-26-25-19(14-16-8-4-2-5-9-16)27(22)18-10-6-3-7-11-18/h2-11,15,17H,12-14H2,1H3,(H2,23,24,28,29). The molecule has 2 N–H and O–H groups in total. The third-order valence-electron chi connectivity index (χ3n) is 4.72. The third-order valence-corrected chi connectivity index (χ3v) is 5.76. The van der Waals surface area contributed by atoms with Gasteiger partial charge in [-0.25, -0.2) is 4.79 Å². The molecule has 0 radical (unpaired) electrons. The van der Waals surface area contributed by atoms with Crippen molar-refractivity contribution < 1.29 is 9.59 Å². The molecule has 1 aliphatic rings. The van der Waals surface area contributed by atoms with E-state index in [1.807, 2.05) is 65.2 Å². The van der Waals surface area contributed by atoms with Gasteiger partial charge in [0.1, 0.15) is 5.82 Å². The zero-order valence-electron chi connectivity index (χ0n) is 16.6. The second kappa shape index (κ2) is 9.13. The van der Waals surface area contributed by atoms with Crippen LogP contribution in [0.25, 0.3) is 5.69 Å². The predicted octanol–water partition coefficient (Wildman–Crippen LogP) is 3.33. The number of hydrogen-bond acceptors (Lipinski definition) is 5. The van der Waals surface area contributed by atoms with E-state index in [2.05, 4.69) is 20.8 Å². The van der Waals surface area contributed by atoms with Crippen LogP contribution in [0.15, 0.2) is 65.8 Å². The van der Waals surface area contributed by atoms with Crippen LogP contribution in [0.3, 0.4) is 0 Å². The van der Waals surface area contributed by atoms with E-state index in [1.54, 1.807) is 6.92 Å². The molecule has 0 spiro atoms. The highest BCUT2D eigenvalue weighted by Crippen LogP contribution is 2.27. The molecule has 1 aliphatic carbocycles. The second-order valence-electron chi connectivity index (χ2n) is 7.23. The van der Waals surface area contributed by atoms with Crippen molar-refractivity contribution in [3.05, 3.63) is 72.1 Å². The monoisotopic (exact) mass is 421 g/mol. The van der Waals surface area contributed by atoms with Crippen LogP contribution in [0.2, 0.25) is 0 Å². The van der Waals surface area contributed by atoms with Crippen molar-refractivity contribution in [2.45, 2.75) is 42.6 Å². The van der Waals surface area contributed by atoms with Gasteiger partial charge in [0, 0.05) is 18.2 Å². The predicted molar refractivity (Wildman–Crippen MR) is 116 cm³/mol. The number of rotatable bonds is 7. The number of aromatic nitrogens is 3. The number of nitrogens with one attached hydrogen (secondary N) is 2. The highest BCUT2D eigenvalue weighted by atomic mass is 32.2. The summed E-state index contributed by atoms with van der Waals surface area (Å²) in [5, 5.41) is 14.0. The van der Waals surface area contributed by atoms with Gasteiger partial charge in [-0.05, 0) is 37.5 Å². The van der Waals surface area contributed by atoms with Crippen molar-refractivity contribution in [1.29, 1.82) is 0 Å². The zero-order chi connectivity index (χ0) is 20.9. The summed E-state index contributed by atoms with van der Waals surface area (Å²) in [5.74, 6) is 0.430. The van der Waals surface area contributed by atoms with Crippen molar-refractivity contribution in [3.8, 4) is 5.69 Å². The van der Waals surface area contributed by atoms with Gasteiger partial charge in [-0.15, -0.1) is 10.2 Å². The maximum absolute atomic E-state index is 12.5. The molecule has 0 bridgehead atoms. The fraction of sp³-hybridized carbons (Fsp3) is 0.273. The van der Waals surface area contributed by atoms with Gasteiger partial charge in [-0.2, -0.15) is 0 Å². The largest absolute Gasteiger partial charge is 0.335 e. The van der Waals surface area contributed by atoms with Crippen molar-refractivity contribution in [2.24, 2.45) is 0 Å². The fourth-order valence-corrected chi connectivity index (χ4v) is 3.87. The Morgan fingerprint density at radius 3 is 2.40 bits per heavy atom. The minimum atomic E-state index is -0.508. The van der Waals surface area contributed by atoms with E-state index in [-0.39, 0.29) is 11.9 Å². The molecule has 8 heteroatoms. The number of imide groups is 1. The molecule has 7 nitrogen and oxygen atoms in total. The van der Waals surface area contributed by atoms with Crippen LogP contribution >= 0.6 is 11.8 Å². The minimum absolute atomic E-state index is 0.197. The number of benzene rings is 2. The van der Waals surface area contributed by atoms with Crippen molar-refractivity contribution >= 4 is 23.7 Å². The Labute approximate surface area is 179 Å². The molecule has 1 heterocycles. The SMILES string of the molecule is CC(Sc1nnc(Cc2ccccc2)n1-c1ccccc1)C(=O)NC(=O)NC1CC1. The summed E-state index contributed by atoms with van der Waals surface area (Å²) in [7, 11) is 0. The summed E-state index contributed by atoms with van der Waals surface area (Å²) in [6.45, 7) is 1.76. The molecule has 154 valence electrons. The average Bonchev–Trinajstić information content (AvgIpc) is 3.48. The van der Waals surface area contributed by atoms with Crippen LogP contribution in [-0.2, 0) is 11.2 Å². The van der Waals surface area contributed by atoms with Crippen molar-refractivity contribution in [2.75, 3.05) is 0 Å². The number of hydrogen-bond donors (Lipinski definition) is 2. The number of thioether (sulfide) groups is 1. The first-order chi connectivity index (χ1) is 14.6. The topological polar surface area (TPSA) is 88.9 Å². The molecule has 1 aromatic heterocycles. The van der Waals surface area contributed by atoms with Gasteiger partial charge in [-0.1, -0.05) is 60.3 Å². The number of nitrogens with zero attached hydrogens (tertiary/aromatic N) is 3. The summed E-state index contributed by atoms with van der Waals surface area (Å²) in [4.78, 5) is 24.3. The van der Waals surface area contributed by atoms with E-state index in [4.69, 9.17) is 0 Å². The molecular formula is C22H23N5O2S. The average molecular weight is 422 g/mol. The van der Waals surface area contributed by atoms with Crippen LogP contribution < -0.4 is 10.6 Å². The summed E-state index contributed by atoms with van der Waals surface area (Å²) in [6, 6.07) is 19.6. The molecule has 1 saturated carbocycles. The summed E-state index contributed by atoms with van der Waals surface area (Å²) < 4.78 is 1.96. The van der Waals surface area contributed by atoms with Gasteiger partial charge in [0.05, 0.1) is 5.25 Å². The summed E-state index contributed by atoms with van der Waals surface area (Å²) in [6.07, 6.45) is 2.56. The Morgan fingerprint density at radius 1 is 1.07 bits per heavy atom. The Hall–Kier alpha value is -3.13. The van der Waals surface area contributed by atoms with E-state index in [0.717, 1.165) is 29.9 Å². The zero-order valence-corrected chi connectivity index (χ0v) is 17.4. The first-order valence-electron chi connectivity index (χ1n) is 9.92. The summed E-state index contributed by atoms with van der Waals surface area (Å²) >= 11 is 1.28. The Morgan fingerprint density at radius 2 is 1.73 bits per heavy atom. The molecule has 1 fully saturated rings. The maximum Gasteiger partial charge on any atom is 0.321 e. The quantitative estimate of drug-likeness (QED) is 0.571. The maximum atomic E-state index is 12.5. The number of urea groups is 1. The van der Waals surface area contributed by atoms with Crippen molar-refractivity contribution in [1.82, 2.24) is 25.4 Å². The molecule has 3 amide bonds. The van der Waals surface area contributed by atoms with E-state index >= 15 is 0 Å². The van der Waals surface area contributed by atoms with E-state index in [0.29, 0.717) is 11.6 Å². The van der Waals surface area contributed by atoms with Crippen LogP contribution in [-0.4, -0.2) is 38.0 Å². The number of carbonyl (C=O) groups excluding carboxylic acids is 2. The lowest BCUT2D eigenvalue weighted by Crippen LogP contribution is -2.43. The van der Waals surface area contributed by atoms with Gasteiger partial charge in [0.2, 0.25) is 5.91 Å². The smallest absolute Gasteiger partial charge is 0.321 e. The van der Waals surface area contributed by atoms with Gasteiger partial charge < -0.3 is 5.32 Å². The van der Waals surface area contributed by atoms with Gasteiger partial charge in [-0.3, -0.25) is 14.7 Å². The first-order valence-corrected chi connectivity index (χ1v) is 10.8. The lowest BCUT2D eigenvalue weighted by molar-refractivity contribution is -0.119. The second-order valence-corrected chi connectivity index (χ2v) is 8.54. The molecule has 0 aliphatic heterocycles. The summed E-state index contributed by atoms with van der Waals surface area (Å²) in [5.41, 5.74) is 2.05. The fourth-order valence-electron chi connectivity index (χ4n) is 2.98.